The van der Waals surface area contributed by atoms with Gasteiger partial charge in [-0.05, 0) is 23.9 Å². The molecule has 1 aromatic heterocycles. The van der Waals surface area contributed by atoms with Crippen LogP contribution in [0.5, 0.6) is 0 Å². The Morgan fingerprint density at radius 2 is 2.29 bits per heavy atom. The highest BCUT2D eigenvalue weighted by Gasteiger charge is 2.09. The highest BCUT2D eigenvalue weighted by atomic mass is 32.2. The van der Waals surface area contributed by atoms with Gasteiger partial charge in [0.15, 0.2) is 0 Å². The van der Waals surface area contributed by atoms with Crippen molar-refractivity contribution >= 4 is 11.8 Å². The maximum absolute atomic E-state index is 4.13. The minimum Gasteiger partial charge on any atom is -0.312 e. The molecule has 1 atom stereocenters. The Morgan fingerprint density at radius 3 is 2.79 bits per heavy atom. The van der Waals surface area contributed by atoms with Gasteiger partial charge in [0.1, 0.15) is 0 Å². The molecule has 1 heterocycles. The lowest BCUT2D eigenvalue weighted by atomic mass is 10.1. The predicted molar refractivity (Wildman–Crippen MR) is 63.6 cm³/mol. The Kier molecular flexibility index (Phi) is 4.98. The molecule has 0 radical (unpaired) electrons. The van der Waals surface area contributed by atoms with Gasteiger partial charge in [-0.2, -0.15) is 11.8 Å². The smallest absolute Gasteiger partial charge is 0.0424 e. The fourth-order valence-electron chi connectivity index (χ4n) is 1.22. The Morgan fingerprint density at radius 1 is 1.50 bits per heavy atom. The van der Waals surface area contributed by atoms with E-state index in [1.165, 1.54) is 5.56 Å². The average molecular weight is 210 g/mol. The Bertz CT molecular complexity index is 249. The molecule has 14 heavy (non-hydrogen) atoms. The lowest BCUT2D eigenvalue weighted by molar-refractivity contribution is 0.658. The molecule has 1 N–H and O–H groups in total. The van der Waals surface area contributed by atoms with Gasteiger partial charge in [-0.25, -0.2) is 0 Å². The van der Waals surface area contributed by atoms with Gasteiger partial charge in [-0.15, -0.1) is 0 Å². The molecule has 0 spiro atoms. The quantitative estimate of drug-likeness (QED) is 0.808. The zero-order valence-corrected chi connectivity index (χ0v) is 9.84. The van der Waals surface area contributed by atoms with Crippen LogP contribution in [0.25, 0.3) is 0 Å². The summed E-state index contributed by atoms with van der Waals surface area (Å²) in [6.45, 7) is 4.45. The minimum atomic E-state index is 0.413. The first-order chi connectivity index (χ1) is 6.74. The van der Waals surface area contributed by atoms with Crippen molar-refractivity contribution in [3.05, 3.63) is 30.1 Å². The summed E-state index contributed by atoms with van der Waals surface area (Å²) in [6, 6.07) is 4.52. The number of aromatic nitrogens is 1. The molecule has 0 aromatic carbocycles. The number of thioether (sulfide) groups is 1. The number of pyridine rings is 1. The van der Waals surface area contributed by atoms with Crippen LogP contribution in [-0.2, 0) is 0 Å². The molecule has 0 bridgehead atoms. The average Bonchev–Trinajstić information content (AvgIpc) is 2.20. The van der Waals surface area contributed by atoms with E-state index in [9.17, 15) is 0 Å². The molecule has 2 nitrogen and oxygen atoms in total. The van der Waals surface area contributed by atoms with Crippen LogP contribution >= 0.6 is 11.8 Å². The SMILES string of the molecule is CNC(CSC(C)C)c1cccnc1. The van der Waals surface area contributed by atoms with Crippen molar-refractivity contribution in [1.82, 2.24) is 10.3 Å². The number of hydrogen-bond acceptors (Lipinski definition) is 3. The molecule has 0 aliphatic carbocycles. The van der Waals surface area contributed by atoms with Crippen LogP contribution in [0, 0.1) is 0 Å². The highest BCUT2D eigenvalue weighted by molar-refractivity contribution is 7.99. The second kappa shape index (κ2) is 6.04. The van der Waals surface area contributed by atoms with Crippen LogP contribution in [0.3, 0.4) is 0 Å². The van der Waals surface area contributed by atoms with Crippen LogP contribution < -0.4 is 5.32 Å². The summed E-state index contributed by atoms with van der Waals surface area (Å²) in [5.74, 6) is 1.10. The van der Waals surface area contributed by atoms with Crippen molar-refractivity contribution in [2.75, 3.05) is 12.8 Å². The summed E-state index contributed by atoms with van der Waals surface area (Å²) in [5.41, 5.74) is 1.27. The van der Waals surface area contributed by atoms with Crippen molar-refractivity contribution in [2.24, 2.45) is 0 Å². The van der Waals surface area contributed by atoms with E-state index in [0.29, 0.717) is 11.3 Å². The molecule has 78 valence electrons. The summed E-state index contributed by atoms with van der Waals surface area (Å²) in [4.78, 5) is 4.13. The number of hydrogen-bond donors (Lipinski definition) is 1. The molecular formula is C11H18N2S. The maximum atomic E-state index is 4.13. The minimum absolute atomic E-state index is 0.413. The molecule has 0 aliphatic rings. The van der Waals surface area contributed by atoms with E-state index in [-0.39, 0.29) is 0 Å². The summed E-state index contributed by atoms with van der Waals surface area (Å²) in [5, 5.41) is 4.00. The van der Waals surface area contributed by atoms with Gasteiger partial charge in [-0.1, -0.05) is 19.9 Å². The zero-order chi connectivity index (χ0) is 10.4. The van der Waals surface area contributed by atoms with Crippen LogP contribution in [0.4, 0.5) is 0 Å². The van der Waals surface area contributed by atoms with E-state index in [4.69, 9.17) is 0 Å². The molecule has 1 unspecified atom stereocenters. The molecule has 0 saturated heterocycles. The first-order valence-electron chi connectivity index (χ1n) is 4.93. The summed E-state index contributed by atoms with van der Waals surface area (Å²) < 4.78 is 0. The topological polar surface area (TPSA) is 24.9 Å². The Hall–Kier alpha value is -0.540. The van der Waals surface area contributed by atoms with Gasteiger partial charge < -0.3 is 5.32 Å². The highest BCUT2D eigenvalue weighted by Crippen LogP contribution is 2.19. The molecule has 1 aromatic rings. The summed E-state index contributed by atoms with van der Waals surface area (Å²) in [6.07, 6.45) is 3.74. The van der Waals surface area contributed by atoms with Gasteiger partial charge in [0.25, 0.3) is 0 Å². The Balaban J connectivity index is 2.54. The van der Waals surface area contributed by atoms with Gasteiger partial charge in [0.2, 0.25) is 0 Å². The third-order valence-corrected chi connectivity index (χ3v) is 3.22. The van der Waals surface area contributed by atoms with Crippen molar-refractivity contribution in [3.63, 3.8) is 0 Å². The van der Waals surface area contributed by atoms with Crippen molar-refractivity contribution in [2.45, 2.75) is 25.1 Å². The molecular weight excluding hydrogens is 192 g/mol. The van der Waals surface area contributed by atoms with E-state index in [2.05, 4.69) is 30.2 Å². The van der Waals surface area contributed by atoms with Crippen LogP contribution in [0.15, 0.2) is 24.5 Å². The molecule has 0 fully saturated rings. The number of nitrogens with zero attached hydrogens (tertiary/aromatic N) is 1. The zero-order valence-electron chi connectivity index (χ0n) is 9.03. The van der Waals surface area contributed by atoms with E-state index in [0.717, 1.165) is 5.75 Å². The largest absolute Gasteiger partial charge is 0.312 e. The first-order valence-corrected chi connectivity index (χ1v) is 5.97. The van der Waals surface area contributed by atoms with Gasteiger partial charge >= 0.3 is 0 Å². The summed E-state index contributed by atoms with van der Waals surface area (Å²) >= 11 is 1.97. The van der Waals surface area contributed by atoms with Crippen molar-refractivity contribution < 1.29 is 0 Å². The molecule has 0 saturated carbocycles. The standard InChI is InChI=1S/C11H18N2S/c1-9(2)14-8-11(12-3)10-5-4-6-13-7-10/h4-7,9,11-12H,8H2,1-3H3. The van der Waals surface area contributed by atoms with Crippen LogP contribution in [0.2, 0.25) is 0 Å². The third kappa shape index (κ3) is 3.68. The van der Waals surface area contributed by atoms with Gasteiger partial charge in [0, 0.05) is 24.2 Å². The fraction of sp³-hybridized carbons (Fsp3) is 0.545. The molecule has 0 aliphatic heterocycles. The van der Waals surface area contributed by atoms with Gasteiger partial charge in [-0.3, -0.25) is 4.98 Å². The second-order valence-electron chi connectivity index (χ2n) is 3.51. The lowest BCUT2D eigenvalue weighted by Gasteiger charge is -2.16. The van der Waals surface area contributed by atoms with E-state index >= 15 is 0 Å². The molecule has 1 rings (SSSR count). The lowest BCUT2D eigenvalue weighted by Crippen LogP contribution is -2.19. The van der Waals surface area contributed by atoms with E-state index < -0.39 is 0 Å². The maximum Gasteiger partial charge on any atom is 0.0424 e. The van der Waals surface area contributed by atoms with Crippen LogP contribution in [-0.4, -0.2) is 23.0 Å². The number of rotatable bonds is 5. The third-order valence-electron chi connectivity index (χ3n) is 2.03. The fourth-order valence-corrected chi connectivity index (χ4v) is 2.15. The van der Waals surface area contributed by atoms with E-state index in [1.54, 1.807) is 0 Å². The Labute approximate surface area is 90.5 Å². The van der Waals surface area contributed by atoms with Gasteiger partial charge in [0.05, 0.1) is 0 Å². The van der Waals surface area contributed by atoms with E-state index in [1.807, 2.05) is 37.3 Å². The normalized spacial score (nSPS) is 13.1. The van der Waals surface area contributed by atoms with Crippen molar-refractivity contribution in [1.29, 1.82) is 0 Å². The number of nitrogens with one attached hydrogen (secondary N) is 1. The van der Waals surface area contributed by atoms with Crippen molar-refractivity contribution in [3.8, 4) is 0 Å². The second-order valence-corrected chi connectivity index (χ2v) is 5.12. The first kappa shape index (κ1) is 11.5. The molecule has 3 heteroatoms. The summed E-state index contributed by atoms with van der Waals surface area (Å²) in [7, 11) is 2.00. The van der Waals surface area contributed by atoms with Crippen LogP contribution in [0.1, 0.15) is 25.5 Å². The predicted octanol–water partition coefficient (Wildman–Crippen LogP) is 2.48. The monoisotopic (exact) mass is 210 g/mol. The molecule has 0 amide bonds.